The number of fused-ring (bicyclic) bond motifs is 4. The summed E-state index contributed by atoms with van der Waals surface area (Å²) in [7, 11) is 0. The number of H-pyrrole nitrogens is 2. The predicted molar refractivity (Wildman–Crippen MR) is 95.6 cm³/mol. The Balaban J connectivity index is 1.51. The molecule has 0 radical (unpaired) electrons. The second kappa shape index (κ2) is 5.20. The van der Waals surface area contributed by atoms with Gasteiger partial charge in [-0.25, -0.2) is 14.8 Å². The van der Waals surface area contributed by atoms with Gasteiger partial charge in [0, 0.05) is 11.9 Å². The molecule has 0 bridgehead atoms. The van der Waals surface area contributed by atoms with Gasteiger partial charge in [0.05, 0.1) is 11.0 Å². The van der Waals surface area contributed by atoms with Crippen molar-refractivity contribution in [3.05, 3.63) is 64.8 Å². The van der Waals surface area contributed by atoms with Gasteiger partial charge < -0.3 is 19.7 Å². The Morgan fingerprint density at radius 3 is 2.88 bits per heavy atom. The number of hydrogen-bond acceptors (Lipinski definition) is 5. The number of anilines is 1. The summed E-state index contributed by atoms with van der Waals surface area (Å²) in [5.74, 6) is 0.642. The molecule has 3 heterocycles. The van der Waals surface area contributed by atoms with E-state index in [4.69, 9.17) is 4.42 Å². The zero-order valence-electron chi connectivity index (χ0n) is 13.0. The van der Waals surface area contributed by atoms with Gasteiger partial charge in [-0.05, 0) is 29.8 Å². The molecule has 0 aliphatic heterocycles. The van der Waals surface area contributed by atoms with Crippen LogP contribution in [0.5, 0.6) is 0 Å². The molecule has 5 aromatic rings. The van der Waals surface area contributed by atoms with Gasteiger partial charge in [-0.2, -0.15) is 0 Å². The highest BCUT2D eigenvalue weighted by Crippen LogP contribution is 2.30. The molecule has 5 rings (SSSR count). The molecule has 0 saturated heterocycles. The van der Waals surface area contributed by atoms with E-state index in [9.17, 15) is 4.79 Å². The van der Waals surface area contributed by atoms with E-state index >= 15 is 0 Å². The first-order valence-corrected chi connectivity index (χ1v) is 7.85. The number of aromatic nitrogens is 4. The van der Waals surface area contributed by atoms with Gasteiger partial charge in [-0.15, -0.1) is 0 Å². The first-order valence-electron chi connectivity index (χ1n) is 7.85. The number of nitrogens with one attached hydrogen (secondary N) is 3. The van der Waals surface area contributed by atoms with Gasteiger partial charge in [-0.1, -0.05) is 18.2 Å². The van der Waals surface area contributed by atoms with Crippen LogP contribution in [0, 0.1) is 0 Å². The zero-order valence-corrected chi connectivity index (χ0v) is 13.0. The first kappa shape index (κ1) is 13.8. The fraction of sp³-hybridized carbons (Fsp3) is 0.0556. The highest BCUT2D eigenvalue weighted by molar-refractivity contribution is 6.05. The summed E-state index contributed by atoms with van der Waals surface area (Å²) in [6.07, 6.45) is 1.53. The third-order valence-electron chi connectivity index (χ3n) is 4.20. The molecular formula is C18H13N5O2. The van der Waals surface area contributed by atoms with Crippen molar-refractivity contribution in [3.63, 3.8) is 0 Å². The van der Waals surface area contributed by atoms with Gasteiger partial charge in [0.2, 0.25) is 0 Å². The lowest BCUT2D eigenvalue weighted by Gasteiger charge is -2.05. The lowest BCUT2D eigenvalue weighted by atomic mass is 10.2. The largest absolute Gasteiger partial charge is 0.450 e. The van der Waals surface area contributed by atoms with Crippen molar-refractivity contribution in [3.8, 4) is 0 Å². The van der Waals surface area contributed by atoms with Crippen LogP contribution in [0.25, 0.3) is 33.1 Å². The van der Waals surface area contributed by atoms with E-state index in [0.29, 0.717) is 17.9 Å². The maximum Gasteiger partial charge on any atom is 0.323 e. The quantitative estimate of drug-likeness (QED) is 0.471. The van der Waals surface area contributed by atoms with E-state index in [2.05, 4.69) is 25.3 Å². The second-order valence-electron chi connectivity index (χ2n) is 5.81. The minimum atomic E-state index is -0.208. The molecule has 0 aliphatic carbocycles. The van der Waals surface area contributed by atoms with Gasteiger partial charge in [-0.3, -0.25) is 0 Å². The summed E-state index contributed by atoms with van der Waals surface area (Å²) < 4.78 is 5.91. The third-order valence-corrected chi connectivity index (χ3v) is 4.20. The number of nitrogens with zero attached hydrogens (tertiary/aromatic N) is 2. The number of furan rings is 1. The molecule has 7 heteroatoms. The fourth-order valence-corrected chi connectivity index (χ4v) is 3.02. The standard InChI is InChI=1S/C18H13N5O2/c24-18-22-12-6-5-10(7-13(12)23-18)8-19-17-16-15(20-9-21-17)11-3-1-2-4-14(11)25-16/h1-7,9H,8H2,(H,19,20,21)(H2,22,23,24). The number of aromatic amines is 2. The molecule has 0 saturated carbocycles. The van der Waals surface area contributed by atoms with Crippen molar-refractivity contribution in [1.82, 2.24) is 19.9 Å². The summed E-state index contributed by atoms with van der Waals surface area (Å²) in [4.78, 5) is 25.5. The lowest BCUT2D eigenvalue weighted by Crippen LogP contribution is -2.02. The van der Waals surface area contributed by atoms with E-state index in [1.165, 1.54) is 6.33 Å². The van der Waals surface area contributed by atoms with E-state index in [-0.39, 0.29) is 5.69 Å². The SMILES string of the molecule is O=c1[nH]c2ccc(CNc3ncnc4c3oc3ccccc34)cc2[nH]1. The number of para-hydroxylation sites is 1. The Labute approximate surface area is 140 Å². The second-order valence-corrected chi connectivity index (χ2v) is 5.81. The molecule has 7 nitrogen and oxygen atoms in total. The Bertz CT molecular complexity index is 1280. The Hall–Kier alpha value is -3.61. The summed E-state index contributed by atoms with van der Waals surface area (Å²) in [6, 6.07) is 13.5. The van der Waals surface area contributed by atoms with Gasteiger partial charge in [0.1, 0.15) is 17.4 Å². The molecule has 0 atom stereocenters. The molecule has 25 heavy (non-hydrogen) atoms. The van der Waals surface area contributed by atoms with Crippen LogP contribution in [-0.4, -0.2) is 19.9 Å². The summed E-state index contributed by atoms with van der Waals surface area (Å²) in [6.45, 7) is 0.548. The number of rotatable bonds is 3. The van der Waals surface area contributed by atoms with Crippen LogP contribution in [0.4, 0.5) is 5.82 Å². The topological polar surface area (TPSA) is 99.6 Å². The van der Waals surface area contributed by atoms with Crippen molar-refractivity contribution in [2.24, 2.45) is 0 Å². The monoisotopic (exact) mass is 331 g/mol. The Morgan fingerprint density at radius 2 is 1.92 bits per heavy atom. The van der Waals surface area contributed by atoms with Crippen LogP contribution in [0.15, 0.2) is 58.0 Å². The highest BCUT2D eigenvalue weighted by atomic mass is 16.3. The maximum absolute atomic E-state index is 11.4. The highest BCUT2D eigenvalue weighted by Gasteiger charge is 2.12. The van der Waals surface area contributed by atoms with E-state index in [0.717, 1.165) is 33.1 Å². The molecule has 3 aromatic heterocycles. The molecule has 0 spiro atoms. The van der Waals surface area contributed by atoms with Crippen LogP contribution in [0.1, 0.15) is 5.56 Å². The molecule has 0 amide bonds. The average Bonchev–Trinajstić information content (AvgIpc) is 3.19. The van der Waals surface area contributed by atoms with E-state index in [1.54, 1.807) is 0 Å². The van der Waals surface area contributed by atoms with Crippen molar-refractivity contribution in [2.75, 3.05) is 5.32 Å². The van der Waals surface area contributed by atoms with Crippen molar-refractivity contribution in [2.45, 2.75) is 6.54 Å². The summed E-state index contributed by atoms with van der Waals surface area (Å²) in [5, 5.41) is 4.26. The average molecular weight is 331 g/mol. The van der Waals surface area contributed by atoms with Crippen molar-refractivity contribution in [1.29, 1.82) is 0 Å². The summed E-state index contributed by atoms with van der Waals surface area (Å²) in [5.41, 5.74) is 4.59. The number of benzene rings is 2. The van der Waals surface area contributed by atoms with Crippen LogP contribution < -0.4 is 11.0 Å². The molecule has 2 aromatic carbocycles. The Morgan fingerprint density at radius 1 is 1.04 bits per heavy atom. The number of hydrogen-bond donors (Lipinski definition) is 3. The Kier molecular flexibility index (Phi) is 2.87. The van der Waals surface area contributed by atoms with E-state index in [1.807, 2.05) is 42.5 Å². The first-order chi connectivity index (χ1) is 12.3. The van der Waals surface area contributed by atoms with Crippen LogP contribution in [0.3, 0.4) is 0 Å². The molecular weight excluding hydrogens is 318 g/mol. The van der Waals surface area contributed by atoms with Crippen molar-refractivity contribution < 1.29 is 4.42 Å². The molecule has 0 fully saturated rings. The van der Waals surface area contributed by atoms with Gasteiger partial charge in [0.25, 0.3) is 0 Å². The normalized spacial score (nSPS) is 11.5. The molecule has 3 N–H and O–H groups in total. The van der Waals surface area contributed by atoms with Crippen molar-refractivity contribution >= 4 is 38.9 Å². The minimum absolute atomic E-state index is 0.208. The minimum Gasteiger partial charge on any atom is -0.450 e. The van der Waals surface area contributed by atoms with Crippen LogP contribution in [0.2, 0.25) is 0 Å². The van der Waals surface area contributed by atoms with Gasteiger partial charge >= 0.3 is 5.69 Å². The third kappa shape index (κ3) is 2.25. The molecule has 0 aliphatic rings. The summed E-state index contributed by atoms with van der Waals surface area (Å²) >= 11 is 0. The smallest absolute Gasteiger partial charge is 0.323 e. The zero-order chi connectivity index (χ0) is 16.8. The molecule has 0 unspecified atom stereocenters. The maximum atomic E-state index is 11.4. The lowest BCUT2D eigenvalue weighted by molar-refractivity contribution is 0.666. The van der Waals surface area contributed by atoms with Crippen LogP contribution >= 0.6 is 0 Å². The van der Waals surface area contributed by atoms with E-state index < -0.39 is 0 Å². The van der Waals surface area contributed by atoms with Gasteiger partial charge in [0.15, 0.2) is 11.4 Å². The number of imidazole rings is 1. The predicted octanol–water partition coefficient (Wildman–Crippen LogP) is 3.16. The fourth-order valence-electron chi connectivity index (χ4n) is 3.02. The molecule has 122 valence electrons. The van der Waals surface area contributed by atoms with Crippen LogP contribution in [-0.2, 0) is 6.54 Å².